The average molecular weight is 143 g/mol. The molecule has 1 atom stereocenters. The quantitative estimate of drug-likeness (QED) is 0.616. The smallest absolute Gasteiger partial charge is 0.325 e. The van der Waals surface area contributed by atoms with Crippen LogP contribution < -0.4 is 5.32 Å². The Balaban J connectivity index is 3.48. The van der Waals surface area contributed by atoms with Crippen LogP contribution in [0.1, 0.15) is 20.3 Å². The van der Waals surface area contributed by atoms with Crippen molar-refractivity contribution in [1.82, 2.24) is 5.32 Å². The van der Waals surface area contributed by atoms with E-state index < -0.39 is 12.0 Å². The lowest BCUT2D eigenvalue weighted by atomic mass is 10.3. The van der Waals surface area contributed by atoms with Crippen LogP contribution in [-0.2, 0) is 4.79 Å². The van der Waals surface area contributed by atoms with Gasteiger partial charge in [0.15, 0.2) is 0 Å². The van der Waals surface area contributed by atoms with Crippen LogP contribution in [0.2, 0.25) is 0 Å². The molecule has 0 saturated carbocycles. The van der Waals surface area contributed by atoms with Gasteiger partial charge in [-0.2, -0.15) is 0 Å². The van der Waals surface area contributed by atoms with Crippen LogP contribution in [0.4, 0.5) is 0 Å². The zero-order valence-corrected chi connectivity index (χ0v) is 6.29. The second-order valence-corrected chi connectivity index (χ2v) is 2.04. The number of hydrogen-bond acceptors (Lipinski definition) is 2. The van der Waals surface area contributed by atoms with Crippen molar-refractivity contribution in [2.45, 2.75) is 26.3 Å². The van der Waals surface area contributed by atoms with Crippen molar-refractivity contribution in [3.63, 3.8) is 0 Å². The molecule has 0 aliphatic rings. The van der Waals surface area contributed by atoms with Crippen molar-refractivity contribution >= 4 is 5.97 Å². The summed E-state index contributed by atoms with van der Waals surface area (Å²) in [5.41, 5.74) is 0. The highest BCUT2D eigenvalue weighted by Gasteiger charge is 2.05. The lowest BCUT2D eigenvalue weighted by molar-refractivity contribution is -0.138. The second-order valence-electron chi connectivity index (χ2n) is 2.04. The zero-order valence-electron chi connectivity index (χ0n) is 6.29. The van der Waals surface area contributed by atoms with E-state index in [1.165, 1.54) is 0 Å². The lowest BCUT2D eigenvalue weighted by Gasteiger charge is -2.03. The molecular formula is C7H13NO2. The molecule has 0 fully saturated rings. The summed E-state index contributed by atoms with van der Waals surface area (Å²) in [4.78, 5) is 10.2. The monoisotopic (exact) mass is 143 g/mol. The predicted molar refractivity (Wildman–Crippen MR) is 39.7 cm³/mol. The molecule has 1 unspecified atom stereocenters. The maximum Gasteiger partial charge on any atom is 0.325 e. The van der Waals surface area contributed by atoms with Gasteiger partial charge >= 0.3 is 5.97 Å². The normalized spacial score (nSPS) is 13.4. The topological polar surface area (TPSA) is 49.3 Å². The van der Waals surface area contributed by atoms with Gasteiger partial charge in [-0.1, -0.05) is 13.0 Å². The van der Waals surface area contributed by atoms with Gasteiger partial charge in [0.2, 0.25) is 0 Å². The highest BCUT2D eigenvalue weighted by Crippen LogP contribution is 1.82. The van der Waals surface area contributed by atoms with Crippen LogP contribution in [0.25, 0.3) is 0 Å². The van der Waals surface area contributed by atoms with Crippen LogP contribution >= 0.6 is 0 Å². The van der Waals surface area contributed by atoms with Crippen LogP contribution in [0.5, 0.6) is 0 Å². The van der Waals surface area contributed by atoms with Crippen LogP contribution in [-0.4, -0.2) is 17.1 Å². The Labute approximate surface area is 60.7 Å². The molecule has 0 radical (unpaired) electrons. The molecule has 0 aliphatic heterocycles. The van der Waals surface area contributed by atoms with E-state index >= 15 is 0 Å². The Morgan fingerprint density at radius 1 is 1.80 bits per heavy atom. The van der Waals surface area contributed by atoms with E-state index in [1.54, 1.807) is 13.1 Å². The molecular weight excluding hydrogens is 130 g/mol. The average Bonchev–Trinajstić information content (AvgIpc) is 1.88. The van der Waals surface area contributed by atoms with E-state index in [4.69, 9.17) is 5.11 Å². The lowest BCUT2D eigenvalue weighted by Crippen LogP contribution is -2.29. The molecule has 0 aliphatic carbocycles. The Morgan fingerprint density at radius 2 is 2.40 bits per heavy atom. The molecule has 0 saturated heterocycles. The highest BCUT2D eigenvalue weighted by molar-refractivity contribution is 5.72. The Morgan fingerprint density at radius 3 is 2.80 bits per heavy atom. The fraction of sp³-hybridized carbons (Fsp3) is 0.571. The molecule has 3 heteroatoms. The number of carbonyl (C=O) groups is 1. The van der Waals surface area contributed by atoms with Gasteiger partial charge in [-0.15, -0.1) is 0 Å². The van der Waals surface area contributed by atoms with Crippen molar-refractivity contribution in [2.24, 2.45) is 0 Å². The molecule has 3 nitrogen and oxygen atoms in total. The Kier molecular flexibility index (Phi) is 4.37. The molecule has 0 heterocycles. The Bertz CT molecular complexity index is 132. The van der Waals surface area contributed by atoms with E-state index in [2.05, 4.69) is 5.32 Å². The molecule has 0 spiro atoms. The summed E-state index contributed by atoms with van der Waals surface area (Å²) in [7, 11) is 0. The van der Waals surface area contributed by atoms with Gasteiger partial charge in [0, 0.05) is 0 Å². The van der Waals surface area contributed by atoms with Gasteiger partial charge in [0.1, 0.15) is 6.04 Å². The first-order chi connectivity index (χ1) is 4.68. The van der Waals surface area contributed by atoms with Gasteiger partial charge in [-0.25, -0.2) is 0 Å². The predicted octanol–water partition coefficient (Wildman–Crippen LogP) is 0.973. The first-order valence-electron chi connectivity index (χ1n) is 3.32. The largest absolute Gasteiger partial charge is 0.480 e. The minimum absolute atomic E-state index is 0.497. The third kappa shape index (κ3) is 3.95. The molecule has 0 rings (SSSR count). The van der Waals surface area contributed by atoms with E-state index in [1.807, 2.05) is 13.0 Å². The van der Waals surface area contributed by atoms with E-state index in [0.29, 0.717) is 0 Å². The van der Waals surface area contributed by atoms with Crippen molar-refractivity contribution in [3.05, 3.63) is 12.3 Å². The third-order valence-electron chi connectivity index (χ3n) is 1.07. The van der Waals surface area contributed by atoms with Gasteiger partial charge in [-0.3, -0.25) is 4.79 Å². The summed E-state index contributed by atoms with van der Waals surface area (Å²) in [6, 6.07) is -0.497. The number of hydrogen-bond donors (Lipinski definition) is 2. The summed E-state index contributed by atoms with van der Waals surface area (Å²) in [6.45, 7) is 3.59. The molecule has 0 bridgehead atoms. The zero-order chi connectivity index (χ0) is 7.98. The van der Waals surface area contributed by atoms with Crippen LogP contribution in [0, 0.1) is 0 Å². The summed E-state index contributed by atoms with van der Waals surface area (Å²) in [5.74, 6) is -0.833. The molecule has 0 aromatic carbocycles. The maximum atomic E-state index is 10.2. The Hall–Kier alpha value is -0.990. The van der Waals surface area contributed by atoms with Gasteiger partial charge in [0.05, 0.1) is 0 Å². The van der Waals surface area contributed by atoms with Crippen molar-refractivity contribution in [3.8, 4) is 0 Å². The number of carboxylic acid groups (broad SMARTS) is 1. The van der Waals surface area contributed by atoms with E-state index in [9.17, 15) is 4.79 Å². The van der Waals surface area contributed by atoms with Crippen LogP contribution in [0.15, 0.2) is 12.3 Å². The summed E-state index contributed by atoms with van der Waals surface area (Å²) in [5, 5.41) is 11.1. The minimum atomic E-state index is -0.833. The number of carboxylic acids is 1. The SMILES string of the molecule is CCC=CNC(C)C(=O)O. The summed E-state index contributed by atoms with van der Waals surface area (Å²) < 4.78 is 0. The van der Waals surface area contributed by atoms with E-state index in [0.717, 1.165) is 6.42 Å². The fourth-order valence-electron chi connectivity index (χ4n) is 0.402. The van der Waals surface area contributed by atoms with Gasteiger partial charge in [0.25, 0.3) is 0 Å². The van der Waals surface area contributed by atoms with E-state index in [-0.39, 0.29) is 0 Å². The number of aliphatic carboxylic acids is 1. The van der Waals surface area contributed by atoms with Crippen molar-refractivity contribution in [1.29, 1.82) is 0 Å². The minimum Gasteiger partial charge on any atom is -0.480 e. The second kappa shape index (κ2) is 4.85. The first-order valence-corrected chi connectivity index (χ1v) is 3.32. The van der Waals surface area contributed by atoms with Crippen molar-refractivity contribution in [2.75, 3.05) is 0 Å². The number of rotatable bonds is 4. The molecule has 2 N–H and O–H groups in total. The summed E-state index contributed by atoms with van der Waals surface area (Å²) >= 11 is 0. The fourth-order valence-corrected chi connectivity index (χ4v) is 0.402. The molecule has 0 aromatic rings. The van der Waals surface area contributed by atoms with Crippen LogP contribution in [0.3, 0.4) is 0 Å². The standard InChI is InChI=1S/C7H13NO2/c1-3-4-5-8-6(2)7(9)10/h4-6,8H,3H2,1-2H3,(H,9,10). The molecule has 58 valence electrons. The molecule has 0 amide bonds. The highest BCUT2D eigenvalue weighted by atomic mass is 16.4. The number of allylic oxidation sites excluding steroid dienone is 1. The molecule has 0 aromatic heterocycles. The van der Waals surface area contributed by atoms with Gasteiger partial charge in [-0.05, 0) is 19.5 Å². The summed E-state index contributed by atoms with van der Waals surface area (Å²) in [6.07, 6.45) is 4.46. The van der Waals surface area contributed by atoms with Gasteiger partial charge < -0.3 is 10.4 Å². The first kappa shape index (κ1) is 9.01. The van der Waals surface area contributed by atoms with Crippen molar-refractivity contribution < 1.29 is 9.90 Å². The number of nitrogens with one attached hydrogen (secondary N) is 1. The molecule has 10 heavy (non-hydrogen) atoms. The maximum absolute atomic E-state index is 10.2. The third-order valence-corrected chi connectivity index (χ3v) is 1.07.